The van der Waals surface area contributed by atoms with Crippen LogP contribution in [-0.4, -0.2) is 4.98 Å². The maximum atomic E-state index is 11.8. The number of benzene rings is 1. The maximum absolute atomic E-state index is 11.8. The Bertz CT molecular complexity index is 791. The number of nitrogens with zero attached hydrogens (tertiary/aromatic N) is 1. The Labute approximate surface area is 112 Å². The number of thiophene rings is 1. The van der Waals surface area contributed by atoms with E-state index in [0.717, 1.165) is 4.88 Å². The molecule has 2 aromatic heterocycles. The molecule has 2 heterocycles. The minimum Gasteiger partial charge on any atom is -0.403 e. The Hall–Kier alpha value is -1.65. The van der Waals surface area contributed by atoms with Gasteiger partial charge in [0.15, 0.2) is 0 Å². The van der Waals surface area contributed by atoms with Crippen molar-refractivity contribution < 1.29 is 4.42 Å². The SMILES string of the molecule is Cc1cc2c(=O)oc(-c3cccc(Cl)c3)nc2s1. The van der Waals surface area contributed by atoms with Gasteiger partial charge in [0.25, 0.3) is 0 Å². The molecule has 3 rings (SSSR count). The molecule has 0 aliphatic rings. The largest absolute Gasteiger partial charge is 0.403 e. The Morgan fingerprint density at radius 3 is 2.94 bits per heavy atom. The average Bonchev–Trinajstić information content (AvgIpc) is 2.70. The average molecular weight is 278 g/mol. The molecule has 0 saturated heterocycles. The number of fused-ring (bicyclic) bond motifs is 1. The first kappa shape index (κ1) is 11.4. The van der Waals surface area contributed by atoms with Gasteiger partial charge in [0.1, 0.15) is 4.83 Å². The second-order valence-corrected chi connectivity index (χ2v) is 5.56. The predicted octanol–water partition coefficient (Wildman–Crippen LogP) is 3.88. The van der Waals surface area contributed by atoms with E-state index < -0.39 is 0 Å². The van der Waals surface area contributed by atoms with Gasteiger partial charge >= 0.3 is 5.63 Å². The number of rotatable bonds is 1. The van der Waals surface area contributed by atoms with Crippen LogP contribution in [0.5, 0.6) is 0 Å². The van der Waals surface area contributed by atoms with E-state index in [0.29, 0.717) is 26.7 Å². The molecule has 1 aromatic carbocycles. The maximum Gasteiger partial charge on any atom is 0.347 e. The normalized spacial score (nSPS) is 11.0. The van der Waals surface area contributed by atoms with E-state index in [9.17, 15) is 4.79 Å². The molecule has 0 N–H and O–H groups in total. The summed E-state index contributed by atoms with van der Waals surface area (Å²) in [4.78, 5) is 17.9. The van der Waals surface area contributed by atoms with Gasteiger partial charge in [0, 0.05) is 15.5 Å². The minimum absolute atomic E-state index is 0.303. The smallest absolute Gasteiger partial charge is 0.347 e. The summed E-state index contributed by atoms with van der Waals surface area (Å²) in [5.41, 5.74) is 0.340. The molecule has 90 valence electrons. The zero-order chi connectivity index (χ0) is 12.7. The molecule has 0 amide bonds. The first-order chi connectivity index (χ1) is 8.63. The van der Waals surface area contributed by atoms with Crippen molar-refractivity contribution >= 4 is 33.2 Å². The van der Waals surface area contributed by atoms with Crippen molar-refractivity contribution in [2.24, 2.45) is 0 Å². The Balaban J connectivity index is 2.27. The van der Waals surface area contributed by atoms with E-state index in [1.807, 2.05) is 13.0 Å². The van der Waals surface area contributed by atoms with Crippen molar-refractivity contribution in [2.45, 2.75) is 6.92 Å². The molecule has 18 heavy (non-hydrogen) atoms. The van der Waals surface area contributed by atoms with Crippen molar-refractivity contribution in [3.63, 3.8) is 0 Å². The van der Waals surface area contributed by atoms with Crippen LogP contribution in [0.3, 0.4) is 0 Å². The van der Waals surface area contributed by atoms with Crippen molar-refractivity contribution in [2.75, 3.05) is 0 Å². The molecule has 0 saturated carbocycles. The van der Waals surface area contributed by atoms with E-state index in [2.05, 4.69) is 4.98 Å². The van der Waals surface area contributed by atoms with Gasteiger partial charge in [-0.15, -0.1) is 11.3 Å². The van der Waals surface area contributed by atoms with E-state index in [4.69, 9.17) is 16.0 Å². The highest BCUT2D eigenvalue weighted by atomic mass is 35.5. The van der Waals surface area contributed by atoms with Gasteiger partial charge in [-0.05, 0) is 31.2 Å². The molecule has 0 bridgehead atoms. The summed E-state index contributed by atoms with van der Waals surface area (Å²) in [6, 6.07) is 8.88. The van der Waals surface area contributed by atoms with E-state index >= 15 is 0 Å². The number of aromatic nitrogens is 1. The lowest BCUT2D eigenvalue weighted by Gasteiger charge is -1.99. The lowest BCUT2D eigenvalue weighted by molar-refractivity contribution is 0.519. The van der Waals surface area contributed by atoms with Crippen molar-refractivity contribution in [1.29, 1.82) is 0 Å². The second-order valence-electron chi connectivity index (χ2n) is 3.89. The van der Waals surface area contributed by atoms with Gasteiger partial charge in [-0.2, -0.15) is 0 Å². The molecular formula is C13H8ClNO2S. The monoisotopic (exact) mass is 277 g/mol. The predicted molar refractivity (Wildman–Crippen MR) is 73.3 cm³/mol. The quantitative estimate of drug-likeness (QED) is 0.678. The first-order valence-corrected chi connectivity index (χ1v) is 6.50. The number of hydrogen-bond acceptors (Lipinski definition) is 4. The van der Waals surface area contributed by atoms with Crippen LogP contribution < -0.4 is 5.63 Å². The summed E-state index contributed by atoms with van der Waals surface area (Å²) in [7, 11) is 0. The fraction of sp³-hybridized carbons (Fsp3) is 0.0769. The van der Waals surface area contributed by atoms with Crippen LogP contribution in [0.1, 0.15) is 4.88 Å². The summed E-state index contributed by atoms with van der Waals surface area (Å²) >= 11 is 7.39. The third-order valence-corrected chi connectivity index (χ3v) is 3.70. The third-order valence-electron chi connectivity index (χ3n) is 2.52. The summed E-state index contributed by atoms with van der Waals surface area (Å²) in [5.74, 6) is 0.303. The van der Waals surface area contributed by atoms with Crippen LogP contribution in [0.15, 0.2) is 39.5 Å². The van der Waals surface area contributed by atoms with Crippen LogP contribution in [0.4, 0.5) is 0 Å². The summed E-state index contributed by atoms with van der Waals surface area (Å²) in [6.07, 6.45) is 0. The number of hydrogen-bond donors (Lipinski definition) is 0. The summed E-state index contributed by atoms with van der Waals surface area (Å²) in [6.45, 7) is 1.94. The molecule has 5 heteroatoms. The molecular weight excluding hydrogens is 270 g/mol. The fourth-order valence-corrected chi connectivity index (χ4v) is 2.79. The summed E-state index contributed by atoms with van der Waals surface area (Å²) < 4.78 is 5.23. The zero-order valence-electron chi connectivity index (χ0n) is 9.44. The van der Waals surface area contributed by atoms with Crippen LogP contribution in [0.2, 0.25) is 5.02 Å². The van der Waals surface area contributed by atoms with Crippen LogP contribution in [0, 0.1) is 6.92 Å². The molecule has 0 radical (unpaired) electrons. The lowest BCUT2D eigenvalue weighted by atomic mass is 10.2. The van der Waals surface area contributed by atoms with Crippen LogP contribution in [-0.2, 0) is 0 Å². The lowest BCUT2D eigenvalue weighted by Crippen LogP contribution is -2.00. The zero-order valence-corrected chi connectivity index (χ0v) is 11.0. The Kier molecular flexibility index (Phi) is 2.69. The fourth-order valence-electron chi connectivity index (χ4n) is 1.73. The molecule has 0 aliphatic carbocycles. The van der Waals surface area contributed by atoms with E-state index in [-0.39, 0.29) is 5.63 Å². The highest BCUT2D eigenvalue weighted by Gasteiger charge is 2.10. The molecule has 0 unspecified atom stereocenters. The number of halogens is 1. The molecule has 3 nitrogen and oxygen atoms in total. The standard InChI is InChI=1S/C13H8ClNO2S/c1-7-5-10-12(18-7)15-11(17-13(10)16)8-3-2-4-9(14)6-8/h2-6H,1H3. The first-order valence-electron chi connectivity index (χ1n) is 5.31. The van der Waals surface area contributed by atoms with Crippen molar-refractivity contribution in [1.82, 2.24) is 4.98 Å². The Morgan fingerprint density at radius 2 is 2.17 bits per heavy atom. The van der Waals surface area contributed by atoms with Gasteiger partial charge in [-0.25, -0.2) is 9.78 Å². The van der Waals surface area contributed by atoms with Crippen LogP contribution >= 0.6 is 22.9 Å². The molecule has 0 aliphatic heterocycles. The summed E-state index contributed by atoms with van der Waals surface area (Å²) in [5, 5.41) is 1.11. The Morgan fingerprint density at radius 1 is 1.33 bits per heavy atom. The molecule has 0 spiro atoms. The topological polar surface area (TPSA) is 43.1 Å². The van der Waals surface area contributed by atoms with Crippen molar-refractivity contribution in [3.05, 3.63) is 50.7 Å². The van der Waals surface area contributed by atoms with E-state index in [1.54, 1.807) is 24.3 Å². The number of aryl methyl sites for hydroxylation is 1. The van der Waals surface area contributed by atoms with Gasteiger partial charge < -0.3 is 4.42 Å². The van der Waals surface area contributed by atoms with Gasteiger partial charge in [-0.1, -0.05) is 17.7 Å². The molecule has 3 aromatic rings. The van der Waals surface area contributed by atoms with Gasteiger partial charge in [-0.3, -0.25) is 0 Å². The van der Waals surface area contributed by atoms with E-state index in [1.165, 1.54) is 11.3 Å². The molecule has 0 atom stereocenters. The highest BCUT2D eigenvalue weighted by molar-refractivity contribution is 7.18. The van der Waals surface area contributed by atoms with Crippen LogP contribution in [0.25, 0.3) is 21.7 Å². The van der Waals surface area contributed by atoms with Gasteiger partial charge in [0.2, 0.25) is 5.89 Å². The third kappa shape index (κ3) is 1.94. The highest BCUT2D eigenvalue weighted by Crippen LogP contribution is 2.25. The minimum atomic E-state index is -0.362. The molecule has 0 fully saturated rings. The van der Waals surface area contributed by atoms with Crippen molar-refractivity contribution in [3.8, 4) is 11.5 Å². The second kappa shape index (κ2) is 4.23. The van der Waals surface area contributed by atoms with Gasteiger partial charge in [0.05, 0.1) is 5.39 Å².